The van der Waals surface area contributed by atoms with Crippen molar-refractivity contribution in [2.75, 3.05) is 18.5 Å². The van der Waals surface area contributed by atoms with E-state index in [1.54, 1.807) is 42.5 Å². The summed E-state index contributed by atoms with van der Waals surface area (Å²) in [7, 11) is 0. The SMILES string of the molecule is O=C(Nc1ccc2c(c1)OCCO2)c1ccc(CNC2=C(Cl)C(=O)N(Cc3ccccc3)C2=O)cc1. The molecule has 2 aliphatic heterocycles. The second-order valence-corrected chi connectivity index (χ2v) is 8.61. The Morgan fingerprint density at radius 2 is 1.58 bits per heavy atom. The first-order chi connectivity index (χ1) is 17.5. The lowest BCUT2D eigenvalue weighted by Crippen LogP contribution is -2.33. The van der Waals surface area contributed by atoms with Crippen molar-refractivity contribution < 1.29 is 23.9 Å². The minimum atomic E-state index is -0.529. The molecule has 2 heterocycles. The fourth-order valence-corrected chi connectivity index (χ4v) is 4.15. The summed E-state index contributed by atoms with van der Waals surface area (Å²) in [5.41, 5.74) is 2.77. The van der Waals surface area contributed by atoms with Gasteiger partial charge in [-0.2, -0.15) is 0 Å². The molecule has 5 rings (SSSR count). The van der Waals surface area contributed by atoms with E-state index in [1.807, 2.05) is 30.3 Å². The zero-order valence-corrected chi connectivity index (χ0v) is 19.9. The van der Waals surface area contributed by atoms with Crippen LogP contribution in [0.15, 0.2) is 83.5 Å². The molecule has 0 aliphatic carbocycles. The first-order valence-electron chi connectivity index (χ1n) is 11.3. The van der Waals surface area contributed by atoms with E-state index in [0.717, 1.165) is 16.0 Å². The average molecular weight is 504 g/mol. The van der Waals surface area contributed by atoms with Crippen molar-refractivity contribution in [1.29, 1.82) is 0 Å². The van der Waals surface area contributed by atoms with E-state index < -0.39 is 11.8 Å². The standard InChI is InChI=1S/C27H22ClN3O5/c28-23-24(27(34)31(26(23)33)16-18-4-2-1-3-5-18)29-15-17-6-8-19(9-7-17)25(32)30-20-10-11-21-22(14-20)36-13-12-35-21/h1-11,14,29H,12-13,15-16H2,(H,30,32). The third-order valence-electron chi connectivity index (χ3n) is 5.78. The summed E-state index contributed by atoms with van der Waals surface area (Å²) in [6, 6.07) is 21.4. The Hall–Kier alpha value is -4.30. The van der Waals surface area contributed by atoms with Crippen LogP contribution in [0.3, 0.4) is 0 Å². The van der Waals surface area contributed by atoms with Gasteiger partial charge in [0.25, 0.3) is 17.7 Å². The van der Waals surface area contributed by atoms with E-state index in [0.29, 0.717) is 36.0 Å². The van der Waals surface area contributed by atoms with E-state index in [-0.39, 0.29) is 29.7 Å². The molecule has 182 valence electrons. The number of halogens is 1. The Balaban J connectivity index is 1.19. The molecule has 8 nitrogen and oxygen atoms in total. The average Bonchev–Trinajstić information content (AvgIpc) is 3.11. The van der Waals surface area contributed by atoms with Gasteiger partial charge in [-0.15, -0.1) is 0 Å². The third kappa shape index (κ3) is 4.89. The van der Waals surface area contributed by atoms with Crippen molar-refractivity contribution in [2.45, 2.75) is 13.1 Å². The molecule has 3 amide bonds. The number of imide groups is 1. The molecule has 0 radical (unpaired) electrons. The van der Waals surface area contributed by atoms with Crippen molar-refractivity contribution in [3.63, 3.8) is 0 Å². The lowest BCUT2D eigenvalue weighted by molar-refractivity contribution is -0.138. The van der Waals surface area contributed by atoms with Crippen molar-refractivity contribution in [1.82, 2.24) is 10.2 Å². The predicted octanol–water partition coefficient (Wildman–Crippen LogP) is 3.82. The van der Waals surface area contributed by atoms with Gasteiger partial charge in [-0.1, -0.05) is 54.1 Å². The van der Waals surface area contributed by atoms with Crippen molar-refractivity contribution in [2.24, 2.45) is 0 Å². The second kappa shape index (κ2) is 10.1. The fourth-order valence-electron chi connectivity index (χ4n) is 3.90. The van der Waals surface area contributed by atoms with Gasteiger partial charge in [-0.25, -0.2) is 0 Å². The first-order valence-corrected chi connectivity index (χ1v) is 11.7. The number of carbonyl (C=O) groups excluding carboxylic acids is 3. The number of fused-ring (bicyclic) bond motifs is 1. The minimum absolute atomic E-state index is 0.0676. The highest BCUT2D eigenvalue weighted by Crippen LogP contribution is 2.32. The Kier molecular flexibility index (Phi) is 6.60. The van der Waals surface area contributed by atoms with Crippen molar-refractivity contribution >= 4 is 35.0 Å². The topological polar surface area (TPSA) is 97.0 Å². The molecule has 3 aromatic rings. The van der Waals surface area contributed by atoms with Crippen LogP contribution < -0.4 is 20.1 Å². The number of rotatable bonds is 7. The maximum Gasteiger partial charge on any atom is 0.278 e. The summed E-state index contributed by atoms with van der Waals surface area (Å²) in [5, 5.41) is 5.68. The zero-order valence-electron chi connectivity index (χ0n) is 19.1. The van der Waals surface area contributed by atoms with Crippen LogP contribution in [0, 0.1) is 0 Å². The Labute approximate surface area is 212 Å². The molecule has 0 spiro atoms. The van der Waals surface area contributed by atoms with Gasteiger partial charge < -0.3 is 20.1 Å². The summed E-state index contributed by atoms with van der Waals surface area (Å²) in [4.78, 5) is 39.1. The molecule has 0 fully saturated rings. The van der Waals surface area contributed by atoms with E-state index >= 15 is 0 Å². The molecule has 2 N–H and O–H groups in total. The van der Waals surface area contributed by atoms with E-state index in [4.69, 9.17) is 21.1 Å². The van der Waals surface area contributed by atoms with Gasteiger partial charge in [-0.05, 0) is 35.4 Å². The normalized spacial score (nSPS) is 14.8. The Morgan fingerprint density at radius 3 is 2.33 bits per heavy atom. The number of hydrogen-bond donors (Lipinski definition) is 2. The first kappa shape index (κ1) is 23.4. The molecule has 2 aliphatic rings. The highest BCUT2D eigenvalue weighted by Gasteiger charge is 2.37. The third-order valence-corrected chi connectivity index (χ3v) is 6.13. The number of carbonyl (C=O) groups is 3. The smallest absolute Gasteiger partial charge is 0.278 e. The number of nitrogens with zero attached hydrogens (tertiary/aromatic N) is 1. The van der Waals surface area contributed by atoms with Crippen LogP contribution in [0.2, 0.25) is 0 Å². The molecule has 0 bridgehead atoms. The number of anilines is 1. The molecule has 0 atom stereocenters. The summed E-state index contributed by atoms with van der Waals surface area (Å²) in [5.74, 6) is -0.0267. The van der Waals surface area contributed by atoms with E-state index in [1.165, 1.54) is 0 Å². The molecule has 0 aromatic heterocycles. The minimum Gasteiger partial charge on any atom is -0.486 e. The quantitative estimate of drug-likeness (QED) is 0.476. The summed E-state index contributed by atoms with van der Waals surface area (Å²) < 4.78 is 11.0. The highest BCUT2D eigenvalue weighted by atomic mass is 35.5. The lowest BCUT2D eigenvalue weighted by Gasteiger charge is -2.19. The summed E-state index contributed by atoms with van der Waals surface area (Å²) >= 11 is 6.17. The van der Waals surface area contributed by atoms with E-state index in [9.17, 15) is 14.4 Å². The van der Waals surface area contributed by atoms with Crippen LogP contribution in [-0.2, 0) is 22.7 Å². The van der Waals surface area contributed by atoms with Crippen molar-refractivity contribution in [3.05, 3.63) is 100 Å². The Bertz CT molecular complexity index is 1360. The van der Waals surface area contributed by atoms with Gasteiger partial charge in [-0.3, -0.25) is 19.3 Å². The molecule has 36 heavy (non-hydrogen) atoms. The summed E-state index contributed by atoms with van der Waals surface area (Å²) in [6.07, 6.45) is 0. The molecule has 0 saturated heterocycles. The fraction of sp³-hybridized carbons (Fsp3) is 0.148. The molecular weight excluding hydrogens is 482 g/mol. The van der Waals surface area contributed by atoms with Crippen LogP contribution in [0.25, 0.3) is 0 Å². The van der Waals surface area contributed by atoms with Crippen LogP contribution in [0.4, 0.5) is 5.69 Å². The predicted molar refractivity (Wildman–Crippen MR) is 134 cm³/mol. The maximum atomic E-state index is 12.8. The maximum absolute atomic E-state index is 12.8. The number of amides is 3. The van der Waals surface area contributed by atoms with Crippen molar-refractivity contribution in [3.8, 4) is 11.5 Å². The molecule has 3 aromatic carbocycles. The highest BCUT2D eigenvalue weighted by molar-refractivity contribution is 6.47. The number of nitrogens with one attached hydrogen (secondary N) is 2. The van der Waals surface area contributed by atoms with Gasteiger partial charge in [0.1, 0.15) is 23.9 Å². The largest absolute Gasteiger partial charge is 0.486 e. The number of hydrogen-bond acceptors (Lipinski definition) is 6. The van der Waals surface area contributed by atoms with Gasteiger partial charge in [0.15, 0.2) is 11.5 Å². The van der Waals surface area contributed by atoms with Gasteiger partial charge in [0, 0.05) is 23.9 Å². The van der Waals surface area contributed by atoms with E-state index in [2.05, 4.69) is 10.6 Å². The molecule has 0 saturated carbocycles. The van der Waals surface area contributed by atoms with Gasteiger partial charge in [0.2, 0.25) is 0 Å². The van der Waals surface area contributed by atoms with Crippen LogP contribution in [0.5, 0.6) is 11.5 Å². The second-order valence-electron chi connectivity index (χ2n) is 8.23. The number of ether oxygens (including phenoxy) is 2. The lowest BCUT2D eigenvalue weighted by atomic mass is 10.1. The molecular formula is C27H22ClN3O5. The van der Waals surface area contributed by atoms with Crippen LogP contribution >= 0.6 is 11.6 Å². The Morgan fingerprint density at radius 1 is 0.861 bits per heavy atom. The summed E-state index contributed by atoms with van der Waals surface area (Å²) in [6.45, 7) is 1.37. The monoisotopic (exact) mass is 503 g/mol. The molecule has 0 unspecified atom stereocenters. The van der Waals surface area contributed by atoms with Gasteiger partial charge >= 0.3 is 0 Å². The number of benzene rings is 3. The zero-order chi connectivity index (χ0) is 25.1. The van der Waals surface area contributed by atoms with Gasteiger partial charge in [0.05, 0.1) is 6.54 Å². The molecule has 9 heteroatoms. The van der Waals surface area contributed by atoms with Crippen LogP contribution in [0.1, 0.15) is 21.5 Å². The van der Waals surface area contributed by atoms with Crippen LogP contribution in [-0.4, -0.2) is 35.8 Å².